The predicted octanol–water partition coefficient (Wildman–Crippen LogP) is 3.91. The Balaban J connectivity index is 0.00000256. The summed E-state index contributed by atoms with van der Waals surface area (Å²) in [6.45, 7) is 6.02. The molecule has 0 aromatic heterocycles. The molecule has 0 N–H and O–H groups in total. The number of benzene rings is 1. The first-order valence-electron chi connectivity index (χ1n) is 11.0. The highest BCUT2D eigenvalue weighted by molar-refractivity contribution is 5.98. The van der Waals surface area contributed by atoms with Gasteiger partial charge in [-0.3, -0.25) is 19.5 Å². The Kier molecular flexibility index (Phi) is 7.48. The van der Waals surface area contributed by atoms with Crippen LogP contribution in [0.5, 0.6) is 0 Å². The number of unbranched alkanes of at least 4 members (excludes halogenated alkanes) is 1. The second kappa shape index (κ2) is 9.88. The maximum absolute atomic E-state index is 13.0. The largest absolute Gasteiger partial charge is 0.334 e. The third-order valence-corrected chi connectivity index (χ3v) is 6.61. The van der Waals surface area contributed by atoms with Gasteiger partial charge in [0.25, 0.3) is 5.91 Å². The first-order valence-corrected chi connectivity index (χ1v) is 11.0. The molecule has 1 amide bonds. The van der Waals surface area contributed by atoms with Crippen LogP contribution in [0, 0.1) is 5.92 Å². The summed E-state index contributed by atoms with van der Waals surface area (Å²) in [4.78, 5) is 34.4. The average Bonchev–Trinajstić information content (AvgIpc) is 3.34. The van der Waals surface area contributed by atoms with Crippen molar-refractivity contribution in [3.05, 3.63) is 47.5 Å². The standard InChI is InChI=1S/C24H31N3O2.ClH/c1-2-3-11-24(12-6-13-25-24)22(28)18-26-14-9-19(10-15-26)16-27-17-20-7-4-5-8-21(20)23(27)29;/h4-8,12-13,19H,2-3,9-11,14-18H2,1H3;1H. The molecule has 0 bridgehead atoms. The van der Waals surface area contributed by atoms with Gasteiger partial charge in [-0.05, 0) is 62.1 Å². The van der Waals surface area contributed by atoms with Gasteiger partial charge in [-0.15, -0.1) is 12.4 Å². The van der Waals surface area contributed by atoms with E-state index in [1.165, 1.54) is 0 Å². The SMILES string of the molecule is CCCCC1(C(=O)CN2CCC(CN3Cc4ccccc4C3=O)CC2)C=CC=N1.Cl. The summed E-state index contributed by atoms with van der Waals surface area (Å²) < 4.78 is 0. The van der Waals surface area contributed by atoms with Crippen LogP contribution in [0.1, 0.15) is 54.9 Å². The molecule has 4 rings (SSSR count). The number of carbonyl (C=O) groups excluding carboxylic acids is 2. The average molecular weight is 430 g/mol. The molecular formula is C24H32ClN3O2. The summed E-state index contributed by atoms with van der Waals surface area (Å²) >= 11 is 0. The van der Waals surface area contributed by atoms with Crippen LogP contribution >= 0.6 is 12.4 Å². The number of ketones is 1. The van der Waals surface area contributed by atoms with E-state index in [-0.39, 0.29) is 24.1 Å². The normalized spacial score (nSPS) is 23.6. The molecule has 3 aliphatic heterocycles. The number of likely N-dealkylation sites (tertiary alicyclic amines) is 1. The van der Waals surface area contributed by atoms with Crippen molar-refractivity contribution >= 4 is 30.3 Å². The fourth-order valence-corrected chi connectivity index (χ4v) is 4.76. The fraction of sp³-hybridized carbons (Fsp3) is 0.542. The fourth-order valence-electron chi connectivity index (χ4n) is 4.76. The molecule has 0 spiro atoms. The molecule has 0 aliphatic carbocycles. The Bertz CT molecular complexity index is 815. The van der Waals surface area contributed by atoms with Gasteiger partial charge in [0, 0.05) is 24.9 Å². The Hall–Kier alpha value is -1.98. The second-order valence-corrected chi connectivity index (χ2v) is 8.65. The molecule has 5 nitrogen and oxygen atoms in total. The van der Waals surface area contributed by atoms with Crippen LogP contribution in [0.4, 0.5) is 0 Å². The number of Topliss-reactive ketones (excluding diaryl/α,β-unsaturated/α-hetero) is 1. The molecule has 3 aliphatic rings. The van der Waals surface area contributed by atoms with Gasteiger partial charge >= 0.3 is 0 Å². The van der Waals surface area contributed by atoms with Crippen molar-refractivity contribution in [1.29, 1.82) is 0 Å². The van der Waals surface area contributed by atoms with Crippen molar-refractivity contribution in [2.45, 2.75) is 51.1 Å². The van der Waals surface area contributed by atoms with Gasteiger partial charge in [-0.25, -0.2) is 0 Å². The van der Waals surface area contributed by atoms with Crippen LogP contribution in [-0.4, -0.2) is 59.4 Å². The lowest BCUT2D eigenvalue weighted by molar-refractivity contribution is -0.124. The number of halogens is 1. The van der Waals surface area contributed by atoms with Crippen LogP contribution in [-0.2, 0) is 11.3 Å². The molecule has 162 valence electrons. The summed E-state index contributed by atoms with van der Waals surface area (Å²) in [5.41, 5.74) is 1.38. The summed E-state index contributed by atoms with van der Waals surface area (Å²) in [5, 5.41) is 0. The lowest BCUT2D eigenvalue weighted by atomic mass is 9.88. The van der Waals surface area contributed by atoms with E-state index >= 15 is 0 Å². The van der Waals surface area contributed by atoms with Gasteiger partial charge in [0.1, 0.15) is 5.54 Å². The van der Waals surface area contributed by atoms with Crippen molar-refractivity contribution in [2.75, 3.05) is 26.2 Å². The van der Waals surface area contributed by atoms with Gasteiger partial charge < -0.3 is 4.90 Å². The van der Waals surface area contributed by atoms with E-state index in [2.05, 4.69) is 22.9 Å². The Morgan fingerprint density at radius 1 is 1.23 bits per heavy atom. The van der Waals surface area contributed by atoms with Gasteiger partial charge in [-0.1, -0.05) is 38.0 Å². The van der Waals surface area contributed by atoms with Crippen molar-refractivity contribution in [3.63, 3.8) is 0 Å². The summed E-state index contributed by atoms with van der Waals surface area (Å²) in [5.74, 6) is 0.902. The number of carbonyl (C=O) groups is 2. The Morgan fingerprint density at radius 2 is 2.00 bits per heavy atom. The quantitative estimate of drug-likeness (QED) is 0.629. The number of hydrogen-bond donors (Lipinski definition) is 0. The number of aliphatic imine (C=N–C) groups is 1. The molecular weight excluding hydrogens is 398 g/mol. The highest BCUT2D eigenvalue weighted by Crippen LogP contribution is 2.28. The molecule has 1 atom stereocenters. The second-order valence-electron chi connectivity index (χ2n) is 8.65. The first kappa shape index (κ1) is 22.7. The lowest BCUT2D eigenvalue weighted by Crippen LogP contribution is -2.45. The molecule has 1 saturated heterocycles. The van der Waals surface area contributed by atoms with E-state index in [4.69, 9.17) is 0 Å². The summed E-state index contributed by atoms with van der Waals surface area (Å²) in [7, 11) is 0. The number of nitrogens with zero attached hydrogens (tertiary/aromatic N) is 3. The van der Waals surface area contributed by atoms with E-state index in [0.29, 0.717) is 12.5 Å². The minimum absolute atomic E-state index is 0. The Morgan fingerprint density at radius 3 is 2.67 bits per heavy atom. The van der Waals surface area contributed by atoms with E-state index in [1.54, 1.807) is 6.21 Å². The van der Waals surface area contributed by atoms with Crippen molar-refractivity contribution < 1.29 is 9.59 Å². The van der Waals surface area contributed by atoms with E-state index in [1.807, 2.05) is 35.3 Å². The molecule has 3 heterocycles. The van der Waals surface area contributed by atoms with Crippen molar-refractivity contribution in [2.24, 2.45) is 10.9 Å². The number of amides is 1. The van der Waals surface area contributed by atoms with Gasteiger partial charge in [0.05, 0.1) is 6.54 Å². The van der Waals surface area contributed by atoms with Gasteiger partial charge in [0.2, 0.25) is 0 Å². The highest BCUT2D eigenvalue weighted by Gasteiger charge is 2.37. The van der Waals surface area contributed by atoms with Crippen LogP contribution in [0.15, 0.2) is 41.4 Å². The third-order valence-electron chi connectivity index (χ3n) is 6.61. The minimum atomic E-state index is -0.624. The maximum Gasteiger partial charge on any atom is 0.254 e. The van der Waals surface area contributed by atoms with Gasteiger partial charge in [0.15, 0.2) is 5.78 Å². The molecule has 6 heteroatoms. The zero-order valence-electron chi connectivity index (χ0n) is 17.8. The summed E-state index contributed by atoms with van der Waals surface area (Å²) in [6.07, 6.45) is 10.6. The summed E-state index contributed by atoms with van der Waals surface area (Å²) in [6, 6.07) is 7.92. The lowest BCUT2D eigenvalue weighted by Gasteiger charge is -2.35. The smallest absolute Gasteiger partial charge is 0.254 e. The maximum atomic E-state index is 13.0. The number of fused-ring (bicyclic) bond motifs is 1. The van der Waals surface area contributed by atoms with Crippen molar-refractivity contribution in [3.8, 4) is 0 Å². The predicted molar refractivity (Wildman–Crippen MR) is 122 cm³/mol. The van der Waals surface area contributed by atoms with Crippen LogP contribution in [0.25, 0.3) is 0 Å². The number of piperidine rings is 1. The zero-order valence-corrected chi connectivity index (χ0v) is 18.6. The molecule has 0 radical (unpaired) electrons. The highest BCUT2D eigenvalue weighted by atomic mass is 35.5. The number of hydrogen-bond acceptors (Lipinski definition) is 4. The minimum Gasteiger partial charge on any atom is -0.334 e. The molecule has 1 aromatic rings. The monoisotopic (exact) mass is 429 g/mol. The number of rotatable bonds is 8. The number of allylic oxidation sites excluding steroid dienone is 1. The third kappa shape index (κ3) is 4.68. The van der Waals surface area contributed by atoms with E-state index in [9.17, 15) is 9.59 Å². The van der Waals surface area contributed by atoms with Crippen molar-refractivity contribution in [1.82, 2.24) is 9.80 Å². The molecule has 1 unspecified atom stereocenters. The zero-order chi connectivity index (χ0) is 20.3. The Labute approximate surface area is 185 Å². The topological polar surface area (TPSA) is 53.0 Å². The van der Waals surface area contributed by atoms with Gasteiger partial charge in [-0.2, -0.15) is 0 Å². The molecule has 0 saturated carbocycles. The molecule has 1 aromatic carbocycles. The van der Waals surface area contributed by atoms with Crippen LogP contribution in [0.3, 0.4) is 0 Å². The van der Waals surface area contributed by atoms with E-state index in [0.717, 1.165) is 69.4 Å². The molecule has 30 heavy (non-hydrogen) atoms. The first-order chi connectivity index (χ1) is 14.1. The van der Waals surface area contributed by atoms with Crippen LogP contribution in [0.2, 0.25) is 0 Å². The van der Waals surface area contributed by atoms with E-state index < -0.39 is 5.54 Å². The van der Waals surface area contributed by atoms with Crippen LogP contribution < -0.4 is 0 Å². The molecule has 1 fully saturated rings.